The van der Waals surface area contributed by atoms with Crippen molar-refractivity contribution in [2.24, 2.45) is 0 Å². The van der Waals surface area contributed by atoms with Crippen LogP contribution in [0, 0.1) is 110 Å². The van der Waals surface area contributed by atoms with Crippen LogP contribution in [0.15, 0.2) is 426 Å². The maximum absolute atomic E-state index is 7.41. The molecule has 0 aliphatic heterocycles. The number of aromatic nitrogens is 8. The molecule has 0 saturated heterocycles. The van der Waals surface area contributed by atoms with E-state index in [2.05, 4.69) is 201 Å². The van der Waals surface area contributed by atoms with E-state index in [1.54, 1.807) is 55.6 Å². The summed E-state index contributed by atoms with van der Waals surface area (Å²) in [4.78, 5) is 34.8. The fourth-order valence-electron chi connectivity index (χ4n) is 13.5. The minimum Gasteiger partial charge on any atom is -0.305 e. The molecule has 8 nitrogen and oxygen atoms in total. The molecule has 12 heteroatoms. The number of rotatable bonds is 13. The summed E-state index contributed by atoms with van der Waals surface area (Å²) in [5.41, 5.74) is 30.3. The SMILES string of the molecule is CCc1cc(-c2[c-]cccc2)ncc1-c1ccccc1.Cc1cc(-c2[c-]cccc2)ncc1-c1ccccc1.Cc1cc(-c2[c-]cccc2)ncc1-c1ccccc1.Cc1cc(-c2[c-]cccc2)ncc1-c1ccccc1.[2H]C([2H])([2H])c1c[c-]c(-c2cc(C)c(C([2H])([2H])[2H])cn2)cc1.[2H]C([2H])([2H])c1c[c-]c(-c2ccc(C([2H])([2H])[2H])cn2)cc1.[2H]C([2H])([2H])c1ccc(-c2[c-]cccc2)nc1.[Ir].[Ir].[Ir].[Ir].[c-]1ccccc1-c1ccccn1. The van der Waals surface area contributed by atoms with Crippen molar-refractivity contribution in [1.29, 1.82) is 0 Å². The molecule has 0 spiro atoms. The summed E-state index contributed by atoms with van der Waals surface area (Å²) in [6.45, 7) is -0.527. The fraction of sp³-hybridized carbons (Fsp3) is 0.0894. The van der Waals surface area contributed by atoms with Gasteiger partial charge in [0.1, 0.15) is 0 Å². The molecule has 0 amide bonds. The molecule has 0 saturated carbocycles. The Labute approximate surface area is 873 Å². The van der Waals surface area contributed by atoms with Gasteiger partial charge in [-0.15, -0.1) is 286 Å². The summed E-state index contributed by atoms with van der Waals surface area (Å²) in [5.74, 6) is 0. The van der Waals surface area contributed by atoms with E-state index in [1.165, 1.54) is 116 Å². The molecule has 135 heavy (non-hydrogen) atoms. The topological polar surface area (TPSA) is 103 Å². The van der Waals surface area contributed by atoms with Crippen molar-refractivity contribution in [3.63, 3.8) is 0 Å². The minimum absolute atomic E-state index is 0. The van der Waals surface area contributed by atoms with Gasteiger partial charge in [-0.1, -0.05) is 214 Å². The van der Waals surface area contributed by atoms with Gasteiger partial charge in [0.2, 0.25) is 0 Å². The van der Waals surface area contributed by atoms with Crippen LogP contribution in [-0.4, -0.2) is 39.9 Å². The maximum Gasteiger partial charge on any atom is 0.0280 e. The molecule has 20 rings (SSSR count). The maximum atomic E-state index is 7.41. The number of nitrogens with zero attached hydrogens (tertiary/aromatic N) is 8. The van der Waals surface area contributed by atoms with E-state index in [0.717, 1.165) is 74.0 Å². The van der Waals surface area contributed by atoms with Crippen LogP contribution in [0.4, 0.5) is 0 Å². The quantitative estimate of drug-likeness (QED) is 0.105. The molecule has 0 aliphatic rings. The van der Waals surface area contributed by atoms with E-state index in [9.17, 15) is 0 Å². The van der Waals surface area contributed by atoms with E-state index < -0.39 is 34.3 Å². The molecule has 0 unspecified atom stereocenters. The zero-order chi connectivity index (χ0) is 104. The predicted molar refractivity (Wildman–Crippen MR) is 542 cm³/mol. The number of hydrogen-bond donors (Lipinski definition) is 0. The van der Waals surface area contributed by atoms with E-state index in [0.29, 0.717) is 28.1 Å². The normalized spacial score (nSPS) is 12.1. The van der Waals surface area contributed by atoms with Crippen LogP contribution in [0.5, 0.6) is 0 Å². The first-order chi connectivity index (χ1) is 70.2. The van der Waals surface area contributed by atoms with Crippen LogP contribution < -0.4 is 0 Å². The van der Waals surface area contributed by atoms with Crippen molar-refractivity contribution in [1.82, 2.24) is 39.9 Å². The van der Waals surface area contributed by atoms with Gasteiger partial charge in [-0.2, -0.15) is 0 Å². The first-order valence-electron chi connectivity index (χ1n) is 50.0. The molecule has 0 aliphatic carbocycles. The van der Waals surface area contributed by atoms with Gasteiger partial charge in [0.05, 0.1) is 0 Å². The average Bonchev–Trinajstić information content (AvgIpc) is 0.807. The number of pyridine rings is 8. The summed E-state index contributed by atoms with van der Waals surface area (Å²) in [7, 11) is 0. The summed E-state index contributed by atoms with van der Waals surface area (Å²) in [6.07, 6.45) is 14.6. The second-order valence-electron chi connectivity index (χ2n) is 29.8. The largest absolute Gasteiger partial charge is 0.305 e. The Morgan fingerprint density at radius 1 is 0.215 bits per heavy atom. The third kappa shape index (κ3) is 32.1. The van der Waals surface area contributed by atoms with Crippen LogP contribution in [0.3, 0.4) is 0 Å². The second kappa shape index (κ2) is 55.8. The third-order valence-corrected chi connectivity index (χ3v) is 20.4. The molecule has 20 aromatic rings. The molecule has 8 aromatic heterocycles. The zero-order valence-electron chi connectivity index (χ0n) is 89.5. The number of hydrogen-bond acceptors (Lipinski definition) is 8. The smallest absolute Gasteiger partial charge is 0.0280 e. The predicted octanol–water partition coefficient (Wildman–Crippen LogP) is 30.4. The van der Waals surface area contributed by atoms with Crippen LogP contribution >= 0.6 is 0 Å². The molecule has 12 aromatic carbocycles. The Balaban J connectivity index is 0.000000190. The van der Waals surface area contributed by atoms with Gasteiger partial charge in [0.15, 0.2) is 0 Å². The van der Waals surface area contributed by atoms with Gasteiger partial charge >= 0.3 is 0 Å². The second-order valence-corrected chi connectivity index (χ2v) is 29.8. The Morgan fingerprint density at radius 3 is 0.763 bits per heavy atom. The molecule has 8 heterocycles. The van der Waals surface area contributed by atoms with Crippen molar-refractivity contribution in [3.05, 3.63) is 530 Å². The number of benzene rings is 12. The van der Waals surface area contributed by atoms with E-state index in [4.69, 9.17) is 20.6 Å². The van der Waals surface area contributed by atoms with Crippen molar-refractivity contribution in [3.8, 4) is 135 Å². The monoisotopic (exact) mass is 2480 g/mol. The molecule has 0 bridgehead atoms. The Hall–Kier alpha value is -13.6. The van der Waals surface area contributed by atoms with Crippen LogP contribution in [-0.2, 0) is 86.8 Å². The van der Waals surface area contributed by atoms with Gasteiger partial charge in [0.25, 0.3) is 0 Å². The molecular formula is C123H102Ir4N8-8. The minimum atomic E-state index is -2.19. The van der Waals surface area contributed by atoms with E-state index in [1.807, 2.05) is 243 Å². The molecule has 678 valence electrons. The van der Waals surface area contributed by atoms with Crippen molar-refractivity contribution < 1.29 is 101 Å². The van der Waals surface area contributed by atoms with Crippen molar-refractivity contribution >= 4 is 0 Å². The molecule has 0 atom stereocenters. The summed E-state index contributed by atoms with van der Waals surface area (Å²) in [6, 6.07) is 145. The van der Waals surface area contributed by atoms with Gasteiger partial charge in [-0.3, -0.25) is 0 Å². The number of aryl methyl sites for hydroxylation is 10. The summed E-state index contributed by atoms with van der Waals surface area (Å²) >= 11 is 0. The molecule has 4 radical (unpaired) electrons. The van der Waals surface area contributed by atoms with Crippen LogP contribution in [0.25, 0.3) is 135 Å². The summed E-state index contributed by atoms with van der Waals surface area (Å²) in [5, 5.41) is 0. The fourth-order valence-corrected chi connectivity index (χ4v) is 13.5. The van der Waals surface area contributed by atoms with E-state index >= 15 is 0 Å². The Bertz CT molecular complexity index is 7060. The van der Waals surface area contributed by atoms with Crippen LogP contribution in [0.2, 0.25) is 0 Å². The third-order valence-electron chi connectivity index (χ3n) is 20.4. The molecule has 0 N–H and O–H groups in total. The van der Waals surface area contributed by atoms with E-state index in [-0.39, 0.29) is 108 Å². The van der Waals surface area contributed by atoms with Gasteiger partial charge in [-0.25, -0.2) is 0 Å². The van der Waals surface area contributed by atoms with Crippen LogP contribution in [0.1, 0.15) is 83.1 Å². The van der Waals surface area contributed by atoms with Gasteiger partial charge in [0, 0.05) is 173 Å². The zero-order valence-corrected chi connectivity index (χ0v) is 84.1. The molecule has 0 fully saturated rings. The first kappa shape index (κ1) is 84.4. The van der Waals surface area contributed by atoms with Crippen molar-refractivity contribution in [2.45, 2.75) is 75.3 Å². The average molecular weight is 2480 g/mol. The summed E-state index contributed by atoms with van der Waals surface area (Å²) < 4.78 is 110. The standard InChI is InChI=1S/C19H16N.3C18H14N.C14H14N.C13H12N.C12H10N.C11H8N.4Ir/c1-2-15-13-19(17-11-7-4-8-12-17)20-14-18(15)16-9-5-3-6-10-16;3*1-14-12-18(16-10-6-3-7-11-16)19-13-17(14)15-8-4-2-5-9-15;1-10-4-6-13(7-5-10)14-8-11(2)12(3)9-15-14;1-10-3-6-12(7-4-10)13-8-5-11(2)9-14-13;1-10-7-8-12(13-9-10)11-5-3-2-4-6-11;1-2-6-10(7-3-1)11-8-4-5-9-12-11;;;;/h3-11,13-14H,2H2,1H3;3*2-10,12-13H,1H3;4-6,8-9H,1-3H3;3-6,8-9H,1-2H3;2-5,7-9H,1H3;1-6,8-9H;;;;/q8*-1;;;;/i;;;;1D3,3D3;1D3,2D3;1D3;;;;;. The van der Waals surface area contributed by atoms with Crippen molar-refractivity contribution in [2.75, 3.05) is 0 Å². The van der Waals surface area contributed by atoms with Gasteiger partial charge < -0.3 is 39.9 Å². The molecular weight excluding hydrogens is 2360 g/mol. The van der Waals surface area contributed by atoms with Gasteiger partial charge in [-0.05, 0) is 167 Å². The Morgan fingerprint density at radius 2 is 0.489 bits per heavy atom. The Kier molecular flexibility index (Phi) is 34.9. The first-order valence-corrected chi connectivity index (χ1v) is 42.5.